The Balaban J connectivity index is 3.01. The van der Waals surface area contributed by atoms with Crippen LogP contribution in [0.3, 0.4) is 0 Å². The summed E-state index contributed by atoms with van der Waals surface area (Å²) in [6, 6.07) is 3.68. The summed E-state index contributed by atoms with van der Waals surface area (Å²) in [7, 11) is -11.1. The van der Waals surface area contributed by atoms with Gasteiger partial charge in [0.25, 0.3) is 10.0 Å². The number of ether oxygens (including phenoxy) is 1. The highest BCUT2D eigenvalue weighted by atomic mass is 32.3. The minimum atomic E-state index is -6.08. The summed E-state index contributed by atoms with van der Waals surface area (Å²) in [5.41, 5.74) is -6.56. The van der Waals surface area contributed by atoms with Gasteiger partial charge in [-0.05, 0) is 44.5 Å². The van der Waals surface area contributed by atoms with Crippen LogP contribution >= 0.6 is 0 Å². The van der Waals surface area contributed by atoms with E-state index in [1.54, 1.807) is 20.8 Å². The number of benzene rings is 1. The summed E-state index contributed by atoms with van der Waals surface area (Å²) in [6.45, 7) is 5.05. The number of carbonyl (C=O) groups is 1. The molecule has 1 rings (SSSR count). The van der Waals surface area contributed by atoms with Crippen LogP contribution in [-0.4, -0.2) is 28.3 Å². The van der Waals surface area contributed by atoms with Crippen LogP contribution < -0.4 is 8.86 Å². The predicted octanol–water partition coefficient (Wildman–Crippen LogP) is 2.16. The Labute approximate surface area is 143 Å². The molecular weight excluding hydrogens is 387 g/mol. The lowest BCUT2D eigenvalue weighted by Gasteiger charge is -2.20. The summed E-state index contributed by atoms with van der Waals surface area (Å²) in [5, 5.41) is 0. The van der Waals surface area contributed by atoms with E-state index in [1.807, 2.05) is 0 Å². The van der Waals surface area contributed by atoms with E-state index in [4.69, 9.17) is 4.74 Å². The molecular formula is C13H16F3NO6S2. The first-order valence-electron chi connectivity index (χ1n) is 6.79. The van der Waals surface area contributed by atoms with Gasteiger partial charge in [-0.3, -0.25) is 4.79 Å². The number of halogens is 3. The maximum absolute atomic E-state index is 12.3. The summed E-state index contributed by atoms with van der Waals surface area (Å²) in [5.74, 6) is -0.618. The number of alkyl halides is 3. The summed E-state index contributed by atoms with van der Waals surface area (Å²) in [4.78, 5) is 11.1. The van der Waals surface area contributed by atoms with Crippen LogP contribution in [0.15, 0.2) is 29.2 Å². The molecule has 0 fully saturated rings. The molecule has 0 aliphatic heterocycles. The Morgan fingerprint density at radius 1 is 1.08 bits per heavy atom. The van der Waals surface area contributed by atoms with Crippen molar-refractivity contribution in [3.8, 4) is 5.75 Å². The van der Waals surface area contributed by atoms with E-state index in [1.165, 1.54) is 0 Å². The van der Waals surface area contributed by atoms with Crippen molar-refractivity contribution in [2.24, 2.45) is 5.41 Å². The number of carbonyl (C=O) groups excluding carboxylic acids is 1. The van der Waals surface area contributed by atoms with E-state index in [-0.39, 0.29) is 5.75 Å². The van der Waals surface area contributed by atoms with Gasteiger partial charge >= 0.3 is 21.5 Å². The largest absolute Gasteiger partial charge is 0.512 e. The Morgan fingerprint density at radius 2 is 1.56 bits per heavy atom. The molecule has 142 valence electrons. The van der Waals surface area contributed by atoms with Crippen LogP contribution in [0.1, 0.15) is 27.2 Å². The van der Waals surface area contributed by atoms with Crippen LogP contribution in [0.4, 0.5) is 13.2 Å². The van der Waals surface area contributed by atoms with Crippen molar-refractivity contribution in [3.05, 3.63) is 24.3 Å². The second kappa shape index (κ2) is 6.92. The van der Waals surface area contributed by atoms with Gasteiger partial charge in [0.1, 0.15) is 5.75 Å². The molecule has 12 heteroatoms. The van der Waals surface area contributed by atoms with E-state index in [0.717, 1.165) is 24.3 Å². The molecule has 0 bridgehead atoms. The van der Waals surface area contributed by atoms with E-state index >= 15 is 0 Å². The van der Waals surface area contributed by atoms with Gasteiger partial charge in [0.15, 0.2) is 0 Å². The molecule has 0 aliphatic carbocycles. The number of hydrogen-bond donors (Lipinski definition) is 1. The fourth-order valence-corrected chi connectivity index (χ4v) is 3.73. The molecule has 0 unspecified atom stereocenters. The first-order chi connectivity index (χ1) is 11.1. The molecule has 0 saturated heterocycles. The van der Waals surface area contributed by atoms with Gasteiger partial charge < -0.3 is 4.74 Å². The molecule has 0 aliphatic rings. The van der Waals surface area contributed by atoms with Crippen molar-refractivity contribution >= 4 is 26.0 Å². The van der Waals surface area contributed by atoms with Crippen molar-refractivity contribution in [3.63, 3.8) is 0 Å². The van der Waals surface area contributed by atoms with Gasteiger partial charge in [0.2, 0.25) is 0 Å². The Hall–Kier alpha value is -1.66. The van der Waals surface area contributed by atoms with E-state index in [9.17, 15) is 34.8 Å². The summed E-state index contributed by atoms with van der Waals surface area (Å²) < 4.78 is 87.7. The van der Waals surface area contributed by atoms with E-state index in [0.29, 0.717) is 10.5 Å². The minimum Gasteiger partial charge on any atom is -0.426 e. The molecule has 0 amide bonds. The molecule has 1 aromatic rings. The predicted molar refractivity (Wildman–Crippen MR) is 81.4 cm³/mol. The molecule has 1 N–H and O–H groups in total. The Kier molecular flexibility index (Phi) is 5.92. The quantitative estimate of drug-likeness (QED) is 0.576. The molecule has 0 atom stereocenters. The number of hydrogen-bond acceptors (Lipinski definition) is 6. The van der Waals surface area contributed by atoms with Gasteiger partial charge in [0, 0.05) is 0 Å². The normalized spacial score (nSPS) is 13.5. The lowest BCUT2D eigenvalue weighted by Crippen LogP contribution is -2.40. The van der Waals surface area contributed by atoms with Crippen LogP contribution in [0.2, 0.25) is 0 Å². The molecule has 1 aromatic carbocycles. The highest BCUT2D eigenvalue weighted by molar-refractivity contribution is 8.05. The zero-order chi connectivity index (χ0) is 19.7. The fraction of sp³-hybridized carbons (Fsp3) is 0.462. The smallest absolute Gasteiger partial charge is 0.426 e. The number of rotatable bonds is 6. The molecule has 0 radical (unpaired) electrons. The molecule has 25 heavy (non-hydrogen) atoms. The second-order valence-electron chi connectivity index (χ2n) is 5.63. The van der Waals surface area contributed by atoms with E-state index < -0.39 is 41.8 Å². The van der Waals surface area contributed by atoms with Gasteiger partial charge in [0.05, 0.1) is 10.3 Å². The minimum absolute atomic E-state index is 0.0378. The highest BCUT2D eigenvalue weighted by Gasteiger charge is 2.48. The fourth-order valence-electron chi connectivity index (χ4n) is 1.32. The highest BCUT2D eigenvalue weighted by Crippen LogP contribution is 2.26. The van der Waals surface area contributed by atoms with Gasteiger partial charge in [-0.2, -0.15) is 13.2 Å². The number of sulfonamides is 2. The summed E-state index contributed by atoms with van der Waals surface area (Å²) >= 11 is 0. The van der Waals surface area contributed by atoms with Crippen LogP contribution in [0.5, 0.6) is 5.75 Å². The molecule has 0 aromatic heterocycles. The van der Waals surface area contributed by atoms with Crippen LogP contribution in [0, 0.1) is 5.41 Å². The van der Waals surface area contributed by atoms with Crippen molar-refractivity contribution < 1.29 is 39.5 Å². The van der Waals surface area contributed by atoms with E-state index in [2.05, 4.69) is 0 Å². The van der Waals surface area contributed by atoms with Crippen molar-refractivity contribution in [2.45, 2.75) is 37.6 Å². The Morgan fingerprint density at radius 3 is 1.96 bits per heavy atom. The van der Waals surface area contributed by atoms with Crippen LogP contribution in [-0.2, 0) is 24.8 Å². The second-order valence-corrected chi connectivity index (χ2v) is 9.25. The Bertz CT molecular complexity index is 843. The van der Waals surface area contributed by atoms with Crippen molar-refractivity contribution in [2.75, 3.05) is 0 Å². The summed E-state index contributed by atoms with van der Waals surface area (Å²) in [6.07, 6.45) is 0.484. The average Bonchev–Trinajstić information content (AvgIpc) is 2.45. The average molecular weight is 403 g/mol. The van der Waals surface area contributed by atoms with Crippen molar-refractivity contribution in [1.82, 2.24) is 4.13 Å². The van der Waals surface area contributed by atoms with Gasteiger partial charge in [-0.25, -0.2) is 16.8 Å². The van der Waals surface area contributed by atoms with Crippen molar-refractivity contribution in [1.29, 1.82) is 0 Å². The number of esters is 1. The SMILES string of the molecule is CCC(C)(C)C(=O)Oc1ccc(S(=O)(=O)NS(=O)(=O)C(F)(F)F)cc1. The maximum Gasteiger partial charge on any atom is 0.512 e. The molecule has 0 spiro atoms. The lowest BCUT2D eigenvalue weighted by molar-refractivity contribution is -0.144. The first kappa shape index (κ1) is 21.4. The standard InChI is InChI=1S/C13H16F3NO6S2/c1-4-12(2,3)11(18)23-9-5-7-10(8-6-9)24(19,20)17-25(21,22)13(14,15)16/h5-8,17H,4H2,1-3H3. The number of nitrogens with one attached hydrogen (secondary N) is 1. The third-order valence-corrected chi connectivity index (χ3v) is 6.56. The lowest BCUT2D eigenvalue weighted by atomic mass is 9.91. The third-order valence-electron chi connectivity index (χ3n) is 3.31. The zero-order valence-corrected chi connectivity index (χ0v) is 15.0. The van der Waals surface area contributed by atoms with Gasteiger partial charge in [-0.1, -0.05) is 11.1 Å². The molecule has 0 saturated carbocycles. The molecule has 0 heterocycles. The molecule has 7 nitrogen and oxygen atoms in total. The first-order valence-corrected chi connectivity index (χ1v) is 9.76. The third kappa shape index (κ3) is 5.16. The van der Waals surface area contributed by atoms with Gasteiger partial charge in [-0.15, -0.1) is 0 Å². The van der Waals surface area contributed by atoms with Crippen LogP contribution in [0.25, 0.3) is 0 Å². The zero-order valence-electron chi connectivity index (χ0n) is 13.4. The monoisotopic (exact) mass is 403 g/mol. The topological polar surface area (TPSA) is 107 Å². The maximum atomic E-state index is 12.3.